The number of nitrogens with two attached hydrogens (primary N) is 1. The number of ether oxygens (including phenoxy) is 2. The maximum Gasteiger partial charge on any atom is 0.357 e. The lowest BCUT2D eigenvalue weighted by Crippen LogP contribution is -2.25. The van der Waals surface area contributed by atoms with Crippen LogP contribution in [0, 0.1) is 5.82 Å². The van der Waals surface area contributed by atoms with Crippen LogP contribution < -0.4 is 21.1 Å². The molecule has 1 aliphatic rings. The van der Waals surface area contributed by atoms with E-state index in [-0.39, 0.29) is 39.6 Å². The van der Waals surface area contributed by atoms with Crippen LogP contribution in [0.15, 0.2) is 78.2 Å². The maximum absolute atomic E-state index is 14.4. The van der Waals surface area contributed by atoms with Gasteiger partial charge < -0.3 is 25.8 Å². The van der Waals surface area contributed by atoms with E-state index in [1.54, 1.807) is 41.7 Å². The summed E-state index contributed by atoms with van der Waals surface area (Å²) in [5.74, 6) is -2.03. The highest BCUT2D eigenvalue weighted by Gasteiger charge is 2.27. The Morgan fingerprint density at radius 3 is 2.60 bits per heavy atom. The number of hydrogen-bond acceptors (Lipinski definition) is 8. The van der Waals surface area contributed by atoms with E-state index >= 15 is 0 Å². The van der Waals surface area contributed by atoms with Gasteiger partial charge in [-0.2, -0.15) is 0 Å². The molecule has 3 aromatic carbocycles. The van der Waals surface area contributed by atoms with E-state index in [1.807, 2.05) is 23.6 Å². The molecule has 238 valence electrons. The molecular formula is C35H28ClFN4O5S. The van der Waals surface area contributed by atoms with Crippen LogP contribution in [0.3, 0.4) is 0 Å². The van der Waals surface area contributed by atoms with Gasteiger partial charge in [0.1, 0.15) is 17.3 Å². The lowest BCUT2D eigenvalue weighted by molar-refractivity contribution is 0.0594. The number of pyridine rings is 1. The molecule has 9 nitrogen and oxygen atoms in total. The molecule has 0 atom stereocenters. The molecule has 0 bridgehead atoms. The first-order chi connectivity index (χ1) is 22.8. The van der Waals surface area contributed by atoms with E-state index in [4.69, 9.17) is 26.8 Å². The van der Waals surface area contributed by atoms with Gasteiger partial charge in [0.25, 0.3) is 11.8 Å². The maximum atomic E-state index is 14.4. The van der Waals surface area contributed by atoms with Crippen molar-refractivity contribution < 1.29 is 28.2 Å². The molecule has 0 saturated carbocycles. The monoisotopic (exact) mass is 670 g/mol. The molecule has 47 heavy (non-hydrogen) atoms. The Morgan fingerprint density at radius 2 is 1.83 bits per heavy atom. The highest BCUT2D eigenvalue weighted by molar-refractivity contribution is 7.13. The van der Waals surface area contributed by atoms with Crippen LogP contribution in [0.4, 0.5) is 10.1 Å². The zero-order valence-electron chi connectivity index (χ0n) is 25.1. The number of benzene rings is 3. The summed E-state index contributed by atoms with van der Waals surface area (Å²) < 4.78 is 25.6. The van der Waals surface area contributed by atoms with E-state index in [0.29, 0.717) is 36.6 Å². The SMILES string of the molecule is COC(=O)c1nc(C(=O)NCc2cccc(Cl)c2F)ccc1-c1cc2c(cc1C(=O)Nc1ccc(CN)cc1)-c1sccc1CCO2. The fourth-order valence-corrected chi connectivity index (χ4v) is 6.43. The highest BCUT2D eigenvalue weighted by Crippen LogP contribution is 2.43. The van der Waals surface area contributed by atoms with Crippen LogP contribution in [0.25, 0.3) is 21.6 Å². The lowest BCUT2D eigenvalue weighted by Gasteiger charge is -2.17. The Labute approximate surface area is 278 Å². The summed E-state index contributed by atoms with van der Waals surface area (Å²) in [6, 6.07) is 20.1. The Kier molecular flexibility index (Phi) is 9.30. The predicted molar refractivity (Wildman–Crippen MR) is 178 cm³/mol. The molecule has 6 rings (SSSR count). The number of rotatable bonds is 8. The first kappa shape index (κ1) is 31.9. The van der Waals surface area contributed by atoms with Gasteiger partial charge >= 0.3 is 5.97 Å². The van der Waals surface area contributed by atoms with Crippen molar-refractivity contribution in [1.29, 1.82) is 0 Å². The molecule has 5 aromatic rings. The van der Waals surface area contributed by atoms with Crippen molar-refractivity contribution >= 4 is 46.4 Å². The van der Waals surface area contributed by atoms with Crippen LogP contribution in [-0.4, -0.2) is 36.5 Å². The minimum absolute atomic E-state index is 0.0698. The predicted octanol–water partition coefficient (Wildman–Crippen LogP) is 6.63. The number of hydrogen-bond donors (Lipinski definition) is 3. The third kappa shape index (κ3) is 6.59. The molecule has 2 aromatic heterocycles. The second-order valence-corrected chi connectivity index (χ2v) is 11.9. The zero-order valence-corrected chi connectivity index (χ0v) is 26.6. The number of aromatic nitrogens is 1. The molecule has 4 N–H and O–H groups in total. The van der Waals surface area contributed by atoms with E-state index in [0.717, 1.165) is 21.6 Å². The number of anilines is 1. The molecule has 0 aliphatic carbocycles. The van der Waals surface area contributed by atoms with Gasteiger partial charge in [0.05, 0.1) is 18.7 Å². The second-order valence-electron chi connectivity index (χ2n) is 10.6. The largest absolute Gasteiger partial charge is 0.493 e. The molecule has 0 radical (unpaired) electrons. The highest BCUT2D eigenvalue weighted by atomic mass is 35.5. The summed E-state index contributed by atoms with van der Waals surface area (Å²) in [5, 5.41) is 7.47. The van der Waals surface area contributed by atoms with E-state index in [1.165, 1.54) is 31.4 Å². The minimum atomic E-state index is -0.823. The first-order valence-corrected chi connectivity index (χ1v) is 15.8. The Bertz CT molecular complexity index is 2010. The van der Waals surface area contributed by atoms with Gasteiger partial charge in [-0.1, -0.05) is 35.9 Å². The second kappa shape index (κ2) is 13.7. The lowest BCUT2D eigenvalue weighted by atomic mass is 9.93. The summed E-state index contributed by atoms with van der Waals surface area (Å²) in [6.07, 6.45) is 0.690. The van der Waals surface area contributed by atoms with Crippen molar-refractivity contribution in [1.82, 2.24) is 10.3 Å². The number of methoxy groups -OCH3 is 1. The number of thiophene rings is 1. The molecule has 0 saturated heterocycles. The van der Waals surface area contributed by atoms with Crippen molar-refractivity contribution in [3.05, 3.63) is 123 Å². The summed E-state index contributed by atoms with van der Waals surface area (Å²) >= 11 is 7.41. The van der Waals surface area contributed by atoms with Gasteiger partial charge in [0.15, 0.2) is 5.69 Å². The van der Waals surface area contributed by atoms with Crippen molar-refractivity contribution in [2.75, 3.05) is 19.0 Å². The molecular weight excluding hydrogens is 643 g/mol. The summed E-state index contributed by atoms with van der Waals surface area (Å²) in [5.41, 5.74) is 9.77. The Balaban J connectivity index is 1.42. The number of carbonyl (C=O) groups excluding carboxylic acids is 3. The number of halogens is 2. The number of amides is 2. The molecule has 12 heteroatoms. The Hall–Kier alpha value is -5.10. The van der Waals surface area contributed by atoms with Crippen LogP contribution in [0.1, 0.15) is 48.0 Å². The van der Waals surface area contributed by atoms with Crippen LogP contribution in [-0.2, 0) is 24.2 Å². The molecule has 1 aliphatic heterocycles. The van der Waals surface area contributed by atoms with Crippen molar-refractivity contribution in [3.63, 3.8) is 0 Å². The van der Waals surface area contributed by atoms with Crippen LogP contribution in [0.5, 0.6) is 5.75 Å². The van der Waals surface area contributed by atoms with E-state index in [2.05, 4.69) is 15.6 Å². The van der Waals surface area contributed by atoms with Crippen molar-refractivity contribution in [2.45, 2.75) is 19.5 Å². The van der Waals surface area contributed by atoms with Gasteiger partial charge in [-0.3, -0.25) is 9.59 Å². The zero-order chi connectivity index (χ0) is 33.1. The quantitative estimate of drug-likeness (QED) is 0.158. The van der Waals surface area contributed by atoms with Gasteiger partial charge in [0.2, 0.25) is 0 Å². The van der Waals surface area contributed by atoms with Gasteiger partial charge in [0, 0.05) is 57.9 Å². The van der Waals surface area contributed by atoms with Gasteiger partial charge in [-0.25, -0.2) is 14.2 Å². The normalized spacial score (nSPS) is 11.8. The van der Waals surface area contributed by atoms with E-state index < -0.39 is 23.6 Å². The van der Waals surface area contributed by atoms with Gasteiger partial charge in [-0.15, -0.1) is 11.3 Å². The fourth-order valence-electron chi connectivity index (χ4n) is 5.26. The number of fused-ring (bicyclic) bond motifs is 3. The van der Waals surface area contributed by atoms with Gasteiger partial charge in [-0.05, 0) is 65.0 Å². The third-order valence-electron chi connectivity index (χ3n) is 7.70. The van der Waals surface area contributed by atoms with Crippen molar-refractivity contribution in [2.24, 2.45) is 5.73 Å². The average molecular weight is 671 g/mol. The Morgan fingerprint density at radius 1 is 1.02 bits per heavy atom. The summed E-state index contributed by atoms with van der Waals surface area (Å²) in [7, 11) is 1.19. The molecule has 2 amide bonds. The first-order valence-electron chi connectivity index (χ1n) is 14.6. The number of carbonyl (C=O) groups is 3. The molecule has 0 fully saturated rings. The van der Waals surface area contributed by atoms with Crippen LogP contribution >= 0.6 is 22.9 Å². The van der Waals surface area contributed by atoms with Crippen LogP contribution in [0.2, 0.25) is 5.02 Å². The fraction of sp³-hybridized carbons (Fsp3) is 0.143. The number of nitrogens with zero attached hydrogens (tertiary/aromatic N) is 1. The average Bonchev–Trinajstić information content (AvgIpc) is 3.49. The third-order valence-corrected chi connectivity index (χ3v) is 8.98. The molecule has 0 spiro atoms. The smallest absolute Gasteiger partial charge is 0.357 e. The standard InChI is InChI=1S/C35H28ClFN4O5S/c1-45-35(44)31-23(9-10-28(41-31)34(43)39-18-21-3-2-4-27(36)30(21)37)24-16-29-26(32-20(11-13-46-29)12-14-47-32)15-25(24)33(42)40-22-7-5-19(17-38)6-8-22/h2-10,12,14-16H,11,13,17-18,38H2,1H3,(H,39,43)(H,40,42). The molecule has 3 heterocycles. The van der Waals surface area contributed by atoms with Crippen molar-refractivity contribution in [3.8, 4) is 27.3 Å². The topological polar surface area (TPSA) is 133 Å². The molecule has 0 unspecified atom stereocenters. The summed E-state index contributed by atoms with van der Waals surface area (Å²) in [4.78, 5) is 45.5. The minimum Gasteiger partial charge on any atom is -0.493 e. The number of esters is 1. The number of nitrogens with one attached hydrogen (secondary N) is 2. The summed E-state index contributed by atoms with van der Waals surface area (Å²) in [6.45, 7) is 0.621. The van der Waals surface area contributed by atoms with E-state index in [9.17, 15) is 18.8 Å².